The highest BCUT2D eigenvalue weighted by Crippen LogP contribution is 2.47. The molecule has 2 aliphatic heterocycles. The molecule has 0 bridgehead atoms. The van der Waals surface area contributed by atoms with E-state index in [1.165, 1.54) is 72.8 Å². The van der Waals surface area contributed by atoms with Gasteiger partial charge in [0.25, 0.3) is 6.71 Å². The quantitative estimate of drug-likeness (QED) is 0.173. The molecule has 2 nitrogen and oxygen atoms in total. The van der Waals surface area contributed by atoms with Gasteiger partial charge in [0.15, 0.2) is 0 Å². The minimum atomic E-state index is -0.0724. The van der Waals surface area contributed by atoms with Crippen LogP contribution in [0.5, 0.6) is 0 Å². The molecule has 5 aromatic carbocycles. The van der Waals surface area contributed by atoms with Crippen molar-refractivity contribution in [3.8, 4) is 0 Å². The average Bonchev–Trinajstić information content (AvgIpc) is 3.02. The van der Waals surface area contributed by atoms with Crippen molar-refractivity contribution in [3.05, 3.63) is 125 Å². The summed E-state index contributed by atoms with van der Waals surface area (Å²) < 4.78 is 0. The lowest BCUT2D eigenvalue weighted by molar-refractivity contribution is 0.533. The van der Waals surface area contributed by atoms with E-state index in [9.17, 15) is 0 Å². The molecule has 0 unspecified atom stereocenters. The SMILES string of the molecule is CC(C)(C)c1ccc(N2c3ccccc3B3c4c2cccc4N(c2ccc(C(C)(C)C)cc2)c2ccc(C(C)(C)C)c(C(C)(C)C)c23)cc1. The molecule has 0 radical (unpaired) electrons. The third-order valence-electron chi connectivity index (χ3n) is 10.6. The number of para-hydroxylation sites is 1. The fraction of sp³-hybridized carbons (Fsp3) is 0.348. The van der Waals surface area contributed by atoms with Crippen LogP contribution in [-0.2, 0) is 21.7 Å². The van der Waals surface area contributed by atoms with Gasteiger partial charge in [0.2, 0.25) is 0 Å². The maximum absolute atomic E-state index is 2.55. The molecule has 0 spiro atoms. The molecule has 0 aromatic heterocycles. The minimum absolute atomic E-state index is 0.00829. The molecule has 0 saturated carbocycles. The molecule has 7 rings (SSSR count). The van der Waals surface area contributed by atoms with Gasteiger partial charge in [-0.05, 0) is 109 Å². The third kappa shape index (κ3) is 5.50. The Morgan fingerprint density at radius 1 is 0.388 bits per heavy atom. The van der Waals surface area contributed by atoms with Crippen molar-refractivity contribution in [1.29, 1.82) is 0 Å². The van der Waals surface area contributed by atoms with Gasteiger partial charge in [-0.1, -0.05) is 138 Å². The lowest BCUT2D eigenvalue weighted by Crippen LogP contribution is -2.63. The Labute approximate surface area is 296 Å². The van der Waals surface area contributed by atoms with Crippen molar-refractivity contribution in [1.82, 2.24) is 0 Å². The maximum Gasteiger partial charge on any atom is 0.252 e. The summed E-state index contributed by atoms with van der Waals surface area (Å²) in [6.07, 6.45) is 0. The molecule has 0 aliphatic carbocycles. The molecule has 250 valence electrons. The molecule has 0 saturated heterocycles. The summed E-state index contributed by atoms with van der Waals surface area (Å²) in [5.41, 5.74) is 17.3. The van der Waals surface area contributed by atoms with E-state index < -0.39 is 0 Å². The fourth-order valence-electron chi connectivity index (χ4n) is 8.18. The zero-order valence-corrected chi connectivity index (χ0v) is 31.8. The number of hydrogen-bond donors (Lipinski definition) is 0. The van der Waals surface area contributed by atoms with Crippen molar-refractivity contribution in [2.45, 2.75) is 105 Å². The summed E-state index contributed by atoms with van der Waals surface area (Å²) >= 11 is 0. The van der Waals surface area contributed by atoms with Crippen LogP contribution in [0.25, 0.3) is 0 Å². The second-order valence-corrected chi connectivity index (χ2v) is 18.4. The number of hydrogen-bond acceptors (Lipinski definition) is 2. The van der Waals surface area contributed by atoms with Crippen LogP contribution in [0.1, 0.15) is 105 Å². The second-order valence-electron chi connectivity index (χ2n) is 18.4. The monoisotopic (exact) mass is 644 g/mol. The highest BCUT2D eigenvalue weighted by molar-refractivity contribution is 7.00. The predicted octanol–water partition coefficient (Wildman–Crippen LogP) is 11.0. The molecule has 2 heterocycles. The molecule has 0 amide bonds. The molecule has 0 atom stereocenters. The van der Waals surface area contributed by atoms with Gasteiger partial charge in [0.1, 0.15) is 0 Å². The Morgan fingerprint density at radius 2 is 0.837 bits per heavy atom. The number of rotatable bonds is 2. The van der Waals surface area contributed by atoms with E-state index in [-0.39, 0.29) is 28.4 Å². The van der Waals surface area contributed by atoms with Crippen molar-refractivity contribution in [3.63, 3.8) is 0 Å². The smallest absolute Gasteiger partial charge is 0.252 e. The largest absolute Gasteiger partial charge is 0.311 e. The summed E-state index contributed by atoms with van der Waals surface area (Å²) in [7, 11) is 0. The van der Waals surface area contributed by atoms with Crippen molar-refractivity contribution in [2.75, 3.05) is 9.80 Å². The predicted molar refractivity (Wildman–Crippen MR) is 215 cm³/mol. The Morgan fingerprint density at radius 3 is 1.31 bits per heavy atom. The minimum Gasteiger partial charge on any atom is -0.311 e. The Bertz CT molecular complexity index is 2030. The molecule has 2 aliphatic rings. The number of benzene rings is 5. The van der Waals surface area contributed by atoms with Gasteiger partial charge in [-0.3, -0.25) is 0 Å². The Balaban J connectivity index is 1.58. The van der Waals surface area contributed by atoms with Gasteiger partial charge in [-0.25, -0.2) is 0 Å². The summed E-state index contributed by atoms with van der Waals surface area (Å²) in [4.78, 5) is 5.06. The highest BCUT2D eigenvalue weighted by Gasteiger charge is 2.46. The molecule has 3 heteroatoms. The molecule has 0 N–H and O–H groups in total. The van der Waals surface area contributed by atoms with Crippen LogP contribution in [0.15, 0.2) is 103 Å². The van der Waals surface area contributed by atoms with Crippen molar-refractivity contribution >= 4 is 57.2 Å². The van der Waals surface area contributed by atoms with Gasteiger partial charge in [0.05, 0.1) is 0 Å². The topological polar surface area (TPSA) is 6.48 Å². The van der Waals surface area contributed by atoms with Crippen LogP contribution in [0.4, 0.5) is 34.1 Å². The molecular weight excluding hydrogens is 591 g/mol. The standard InChI is InChI=1S/C46H53BN2/c1-43(2,3)30-20-24-32(25-21-30)48-36-17-14-13-16-35(36)47-41-37(48)18-15-19-38(41)49(33-26-22-31(23-27-33)44(4,5)6)39-29-28-34(45(7,8)9)40(42(39)47)46(10,11)12/h13-29H,1-12H3. The summed E-state index contributed by atoms with van der Waals surface area (Å²) in [6, 6.07) is 39.5. The van der Waals surface area contributed by atoms with Crippen LogP contribution in [0.3, 0.4) is 0 Å². The Hall–Kier alpha value is -4.24. The van der Waals surface area contributed by atoms with Crippen molar-refractivity contribution in [2.24, 2.45) is 0 Å². The van der Waals surface area contributed by atoms with Gasteiger partial charge in [0, 0.05) is 34.1 Å². The summed E-state index contributed by atoms with van der Waals surface area (Å²) in [5.74, 6) is 0. The number of anilines is 6. The molecule has 5 aromatic rings. The van der Waals surface area contributed by atoms with Gasteiger partial charge >= 0.3 is 0 Å². The molecule has 49 heavy (non-hydrogen) atoms. The van der Waals surface area contributed by atoms with Crippen LogP contribution < -0.4 is 26.2 Å². The molecular formula is C46H53BN2. The van der Waals surface area contributed by atoms with E-state index in [0.717, 1.165) is 0 Å². The summed E-state index contributed by atoms with van der Waals surface area (Å²) in [6.45, 7) is 28.1. The molecule has 0 fully saturated rings. The first-order valence-electron chi connectivity index (χ1n) is 18.1. The average molecular weight is 645 g/mol. The Kier molecular flexibility index (Phi) is 7.56. The fourth-order valence-corrected chi connectivity index (χ4v) is 8.18. The zero-order chi connectivity index (χ0) is 35.3. The second kappa shape index (κ2) is 11.1. The summed E-state index contributed by atoms with van der Waals surface area (Å²) in [5, 5.41) is 0. The van der Waals surface area contributed by atoms with Crippen LogP contribution in [0.2, 0.25) is 0 Å². The van der Waals surface area contributed by atoms with E-state index in [1.54, 1.807) is 0 Å². The third-order valence-corrected chi connectivity index (χ3v) is 10.6. The first-order valence-corrected chi connectivity index (χ1v) is 18.1. The van der Waals surface area contributed by atoms with Gasteiger partial charge in [-0.15, -0.1) is 0 Å². The first kappa shape index (κ1) is 33.3. The van der Waals surface area contributed by atoms with E-state index in [0.29, 0.717) is 0 Å². The van der Waals surface area contributed by atoms with E-state index in [4.69, 9.17) is 0 Å². The van der Waals surface area contributed by atoms with Crippen LogP contribution in [0, 0.1) is 0 Å². The normalized spacial score (nSPS) is 14.4. The van der Waals surface area contributed by atoms with Gasteiger partial charge in [-0.2, -0.15) is 0 Å². The van der Waals surface area contributed by atoms with E-state index in [1.807, 2.05) is 0 Å². The van der Waals surface area contributed by atoms with Crippen molar-refractivity contribution < 1.29 is 0 Å². The number of fused-ring (bicyclic) bond motifs is 4. The van der Waals surface area contributed by atoms with E-state index >= 15 is 0 Å². The highest BCUT2D eigenvalue weighted by atomic mass is 15.2. The lowest BCUT2D eigenvalue weighted by Gasteiger charge is -2.46. The maximum atomic E-state index is 2.55. The van der Waals surface area contributed by atoms with Crippen LogP contribution >= 0.6 is 0 Å². The van der Waals surface area contributed by atoms with E-state index in [2.05, 4.69) is 196 Å². The zero-order valence-electron chi connectivity index (χ0n) is 31.8. The first-order chi connectivity index (χ1) is 22.9. The lowest BCUT2D eigenvalue weighted by atomic mass is 9.32. The van der Waals surface area contributed by atoms with Crippen LogP contribution in [-0.4, -0.2) is 6.71 Å². The number of nitrogens with zero attached hydrogens (tertiary/aromatic N) is 2. The van der Waals surface area contributed by atoms with Gasteiger partial charge < -0.3 is 9.80 Å².